The summed E-state index contributed by atoms with van der Waals surface area (Å²) in [4.78, 5) is 34.1. The number of aryl methyl sites for hydroxylation is 1. The first-order chi connectivity index (χ1) is 12.4. The van der Waals surface area contributed by atoms with Crippen molar-refractivity contribution >= 4 is 29.1 Å². The maximum atomic E-state index is 13.0. The summed E-state index contributed by atoms with van der Waals surface area (Å²) < 4.78 is 0. The van der Waals surface area contributed by atoms with E-state index in [2.05, 4.69) is 9.98 Å². The molecule has 136 valence electrons. The van der Waals surface area contributed by atoms with Crippen molar-refractivity contribution in [3.8, 4) is 0 Å². The van der Waals surface area contributed by atoms with Crippen LogP contribution >= 0.6 is 0 Å². The van der Waals surface area contributed by atoms with Crippen molar-refractivity contribution < 1.29 is 14.7 Å². The first-order valence-electron chi connectivity index (χ1n) is 8.52. The van der Waals surface area contributed by atoms with Crippen LogP contribution < -0.4 is 4.90 Å². The van der Waals surface area contributed by atoms with E-state index >= 15 is 0 Å². The summed E-state index contributed by atoms with van der Waals surface area (Å²) in [7, 11) is 0. The predicted molar refractivity (Wildman–Crippen MR) is 102 cm³/mol. The van der Waals surface area contributed by atoms with Crippen molar-refractivity contribution in [2.45, 2.75) is 33.6 Å². The van der Waals surface area contributed by atoms with Crippen molar-refractivity contribution in [3.63, 3.8) is 0 Å². The highest BCUT2D eigenvalue weighted by molar-refractivity contribution is 6.06. The maximum Gasteiger partial charge on any atom is 0.305 e. The Morgan fingerprint density at radius 1 is 1.23 bits per heavy atom. The van der Waals surface area contributed by atoms with Crippen LogP contribution in [0.15, 0.2) is 47.6 Å². The summed E-state index contributed by atoms with van der Waals surface area (Å²) in [6.07, 6.45) is 2.25. The van der Waals surface area contributed by atoms with E-state index in [9.17, 15) is 9.59 Å². The number of hydrogen-bond donors (Lipinski definition) is 1. The van der Waals surface area contributed by atoms with Crippen LogP contribution in [0.4, 0.5) is 11.5 Å². The Labute approximate surface area is 153 Å². The fourth-order valence-corrected chi connectivity index (χ4v) is 2.34. The van der Waals surface area contributed by atoms with Gasteiger partial charge in [0.15, 0.2) is 0 Å². The van der Waals surface area contributed by atoms with Gasteiger partial charge in [0.05, 0.1) is 12.1 Å². The van der Waals surface area contributed by atoms with E-state index in [1.807, 2.05) is 26.8 Å². The fourth-order valence-electron chi connectivity index (χ4n) is 2.34. The number of aromatic nitrogens is 1. The third kappa shape index (κ3) is 4.99. The molecule has 2 aromatic rings. The minimum atomic E-state index is -0.966. The SMILES string of the molecule is CCC(C)=Nc1cc(C(=O)N(CCC(=O)O)c2ccccn2)ccc1C. The number of amides is 1. The molecule has 0 fully saturated rings. The third-order valence-electron chi connectivity index (χ3n) is 4.00. The summed E-state index contributed by atoms with van der Waals surface area (Å²) in [5.41, 5.74) is 3.15. The van der Waals surface area contributed by atoms with Gasteiger partial charge < -0.3 is 5.11 Å². The number of carboxylic acid groups (broad SMARTS) is 1. The monoisotopic (exact) mass is 353 g/mol. The summed E-state index contributed by atoms with van der Waals surface area (Å²) in [6.45, 7) is 5.96. The van der Waals surface area contributed by atoms with Gasteiger partial charge in [0, 0.05) is 24.0 Å². The van der Waals surface area contributed by atoms with Gasteiger partial charge in [0.2, 0.25) is 0 Å². The Hall–Kier alpha value is -3.02. The molecule has 1 amide bonds. The van der Waals surface area contributed by atoms with Crippen molar-refractivity contribution in [3.05, 3.63) is 53.7 Å². The van der Waals surface area contributed by atoms with Crippen LogP contribution in [-0.4, -0.2) is 34.2 Å². The molecule has 0 aliphatic rings. The number of hydrogen-bond acceptors (Lipinski definition) is 4. The summed E-state index contributed by atoms with van der Waals surface area (Å²) >= 11 is 0. The zero-order valence-corrected chi connectivity index (χ0v) is 15.3. The molecule has 0 atom stereocenters. The molecule has 2 rings (SSSR count). The lowest BCUT2D eigenvalue weighted by atomic mass is 10.1. The van der Waals surface area contributed by atoms with Gasteiger partial charge in [-0.15, -0.1) is 0 Å². The van der Waals surface area contributed by atoms with Gasteiger partial charge in [-0.1, -0.05) is 19.1 Å². The quantitative estimate of drug-likeness (QED) is 0.762. The number of carboxylic acids is 1. The molecule has 0 unspecified atom stereocenters. The maximum absolute atomic E-state index is 13.0. The Bertz CT molecular complexity index is 816. The lowest BCUT2D eigenvalue weighted by Crippen LogP contribution is -2.33. The van der Waals surface area contributed by atoms with Gasteiger partial charge >= 0.3 is 5.97 Å². The highest BCUT2D eigenvalue weighted by atomic mass is 16.4. The van der Waals surface area contributed by atoms with Gasteiger partial charge in [0.1, 0.15) is 5.82 Å². The summed E-state index contributed by atoms with van der Waals surface area (Å²) in [6, 6.07) is 10.5. The van der Waals surface area contributed by atoms with Gasteiger partial charge in [-0.25, -0.2) is 4.98 Å². The second-order valence-electron chi connectivity index (χ2n) is 5.99. The van der Waals surface area contributed by atoms with Crippen LogP contribution in [-0.2, 0) is 4.79 Å². The zero-order valence-electron chi connectivity index (χ0n) is 15.3. The Morgan fingerprint density at radius 3 is 2.62 bits per heavy atom. The average Bonchev–Trinajstić information content (AvgIpc) is 2.64. The molecule has 0 aliphatic heterocycles. The normalized spacial score (nSPS) is 11.3. The number of rotatable bonds is 7. The zero-order chi connectivity index (χ0) is 19.1. The van der Waals surface area contributed by atoms with Gasteiger partial charge in [-0.05, 0) is 50.1 Å². The molecular weight excluding hydrogens is 330 g/mol. The second kappa shape index (κ2) is 8.89. The molecule has 6 heteroatoms. The lowest BCUT2D eigenvalue weighted by Gasteiger charge is -2.21. The topological polar surface area (TPSA) is 82.9 Å². The van der Waals surface area contributed by atoms with E-state index in [0.717, 1.165) is 23.4 Å². The standard InChI is InChI=1S/C20H23N3O3/c1-4-15(3)22-17-13-16(9-8-14(17)2)20(26)23(12-10-19(24)25)18-7-5-6-11-21-18/h5-9,11,13H,4,10,12H2,1-3H3,(H,24,25). The number of aliphatic carboxylic acids is 1. The summed E-state index contributed by atoms with van der Waals surface area (Å²) in [5, 5.41) is 8.99. The first kappa shape index (κ1) is 19.3. The molecule has 1 heterocycles. The van der Waals surface area contributed by atoms with E-state index in [1.54, 1.807) is 36.5 Å². The highest BCUT2D eigenvalue weighted by Crippen LogP contribution is 2.23. The van der Waals surface area contributed by atoms with Crippen LogP contribution in [0.5, 0.6) is 0 Å². The highest BCUT2D eigenvalue weighted by Gasteiger charge is 2.20. The molecule has 26 heavy (non-hydrogen) atoms. The number of aliphatic imine (C=N–C) groups is 1. The van der Waals surface area contributed by atoms with E-state index in [-0.39, 0.29) is 18.9 Å². The van der Waals surface area contributed by atoms with E-state index < -0.39 is 5.97 Å². The second-order valence-corrected chi connectivity index (χ2v) is 5.99. The molecule has 0 saturated heterocycles. The number of benzene rings is 1. The van der Waals surface area contributed by atoms with Crippen molar-refractivity contribution in [1.82, 2.24) is 4.98 Å². The number of anilines is 1. The predicted octanol–water partition coefficient (Wildman–Crippen LogP) is 4.01. The van der Waals surface area contributed by atoms with Crippen LogP contribution in [0.2, 0.25) is 0 Å². The molecule has 1 aromatic carbocycles. The molecular formula is C20H23N3O3. The first-order valence-corrected chi connectivity index (χ1v) is 8.52. The Balaban J connectivity index is 2.39. The molecule has 0 bridgehead atoms. The third-order valence-corrected chi connectivity index (χ3v) is 4.00. The molecule has 1 aromatic heterocycles. The fraction of sp³-hybridized carbons (Fsp3) is 0.300. The van der Waals surface area contributed by atoms with E-state index in [1.165, 1.54) is 4.90 Å². The van der Waals surface area contributed by atoms with Gasteiger partial charge in [-0.3, -0.25) is 19.5 Å². The van der Waals surface area contributed by atoms with Crippen LogP contribution in [0.3, 0.4) is 0 Å². The van der Waals surface area contributed by atoms with Gasteiger partial charge in [0.25, 0.3) is 5.91 Å². The van der Waals surface area contributed by atoms with Crippen LogP contribution in [0, 0.1) is 6.92 Å². The van der Waals surface area contributed by atoms with Crippen LogP contribution in [0.1, 0.15) is 42.6 Å². The number of nitrogens with zero attached hydrogens (tertiary/aromatic N) is 3. The van der Waals surface area contributed by atoms with E-state index in [4.69, 9.17) is 5.11 Å². The van der Waals surface area contributed by atoms with Gasteiger partial charge in [-0.2, -0.15) is 0 Å². The molecule has 0 saturated carbocycles. The Kier molecular flexibility index (Phi) is 6.60. The molecule has 0 aliphatic carbocycles. The van der Waals surface area contributed by atoms with Crippen molar-refractivity contribution in [1.29, 1.82) is 0 Å². The smallest absolute Gasteiger partial charge is 0.305 e. The van der Waals surface area contributed by atoms with E-state index in [0.29, 0.717) is 11.4 Å². The molecule has 6 nitrogen and oxygen atoms in total. The van der Waals surface area contributed by atoms with Crippen molar-refractivity contribution in [2.75, 3.05) is 11.4 Å². The van der Waals surface area contributed by atoms with Crippen LogP contribution in [0.25, 0.3) is 0 Å². The number of pyridine rings is 1. The average molecular weight is 353 g/mol. The summed E-state index contributed by atoms with van der Waals surface area (Å²) in [5.74, 6) is -0.837. The van der Waals surface area contributed by atoms with Crippen molar-refractivity contribution in [2.24, 2.45) is 4.99 Å². The molecule has 0 spiro atoms. The molecule has 1 N–H and O–H groups in total. The largest absolute Gasteiger partial charge is 0.481 e. The number of carbonyl (C=O) groups is 2. The Morgan fingerprint density at radius 2 is 2.00 bits per heavy atom. The minimum Gasteiger partial charge on any atom is -0.481 e. The molecule has 0 radical (unpaired) electrons. The minimum absolute atomic E-state index is 0.0473. The lowest BCUT2D eigenvalue weighted by molar-refractivity contribution is -0.136. The number of carbonyl (C=O) groups excluding carboxylic acids is 1.